The molecule has 1 N–H and O–H groups in total. The summed E-state index contributed by atoms with van der Waals surface area (Å²) >= 11 is 5.92. The Morgan fingerprint density at radius 2 is 1.62 bits per heavy atom. The van der Waals surface area contributed by atoms with E-state index in [2.05, 4.69) is 24.1 Å². The largest absolute Gasteiger partial charge is 0.340 e. The van der Waals surface area contributed by atoms with Crippen molar-refractivity contribution in [2.24, 2.45) is 5.92 Å². The van der Waals surface area contributed by atoms with Crippen LogP contribution >= 0.6 is 11.6 Å². The van der Waals surface area contributed by atoms with Gasteiger partial charge in [0.1, 0.15) is 0 Å². The topological polar surface area (TPSA) is 55.9 Å². The molecular formula is C22H33ClN4O2. The number of halogens is 1. The van der Waals surface area contributed by atoms with Gasteiger partial charge in [-0.1, -0.05) is 11.6 Å². The molecule has 6 nitrogen and oxygen atoms in total. The van der Waals surface area contributed by atoms with Crippen molar-refractivity contribution in [2.75, 3.05) is 38.1 Å². The number of nitrogens with zero attached hydrogens (tertiary/aromatic N) is 3. The maximum atomic E-state index is 12.9. The standard InChI is InChI=1S/C22H33ClN4O2/c1-16(2)26-12-14-27(15-13-26)21(28)17-4-8-19(9-5-17)24-22(29)25(3)20-10-6-18(23)7-11-20/h6-7,10-11,16-17,19H,4-5,8-9,12-15H2,1-3H3,(H,24,29)/t17-,19+. The van der Waals surface area contributed by atoms with Gasteiger partial charge in [-0.15, -0.1) is 0 Å². The number of nitrogens with one attached hydrogen (secondary N) is 1. The Bertz CT molecular complexity index is 693. The molecule has 1 aliphatic carbocycles. The number of carbonyl (C=O) groups is 2. The lowest BCUT2D eigenvalue weighted by Crippen LogP contribution is -2.52. The third-order valence-electron chi connectivity index (χ3n) is 6.28. The molecule has 3 amide bonds. The van der Waals surface area contributed by atoms with Crippen LogP contribution in [0.15, 0.2) is 24.3 Å². The smallest absolute Gasteiger partial charge is 0.321 e. The zero-order valence-corrected chi connectivity index (χ0v) is 18.5. The molecular weight excluding hydrogens is 388 g/mol. The minimum Gasteiger partial charge on any atom is -0.340 e. The molecule has 1 aromatic rings. The number of urea groups is 1. The molecule has 7 heteroatoms. The Balaban J connectivity index is 1.43. The summed E-state index contributed by atoms with van der Waals surface area (Å²) in [6.07, 6.45) is 3.39. The van der Waals surface area contributed by atoms with Gasteiger partial charge in [0.25, 0.3) is 0 Å². The molecule has 2 fully saturated rings. The monoisotopic (exact) mass is 420 g/mol. The number of rotatable bonds is 4. The fourth-order valence-electron chi connectivity index (χ4n) is 4.26. The third kappa shape index (κ3) is 5.64. The van der Waals surface area contributed by atoms with Gasteiger partial charge in [-0.2, -0.15) is 0 Å². The van der Waals surface area contributed by atoms with Crippen LogP contribution in [0.1, 0.15) is 39.5 Å². The molecule has 0 bridgehead atoms. The van der Waals surface area contributed by atoms with Crippen molar-refractivity contribution in [3.05, 3.63) is 29.3 Å². The van der Waals surface area contributed by atoms with Crippen LogP contribution < -0.4 is 10.2 Å². The molecule has 2 aliphatic rings. The summed E-state index contributed by atoms with van der Waals surface area (Å²) in [6, 6.07) is 7.76. The lowest BCUT2D eigenvalue weighted by molar-refractivity contribution is -0.138. The van der Waals surface area contributed by atoms with Crippen molar-refractivity contribution in [3.63, 3.8) is 0 Å². The number of carbonyl (C=O) groups excluding carboxylic acids is 2. The van der Waals surface area contributed by atoms with E-state index < -0.39 is 0 Å². The molecule has 160 valence electrons. The zero-order valence-electron chi connectivity index (χ0n) is 17.7. The van der Waals surface area contributed by atoms with Gasteiger partial charge in [0.2, 0.25) is 5.91 Å². The number of piperazine rings is 1. The predicted octanol–water partition coefficient (Wildman–Crippen LogP) is 3.60. The highest BCUT2D eigenvalue weighted by molar-refractivity contribution is 6.30. The van der Waals surface area contributed by atoms with Crippen LogP contribution in [0.4, 0.5) is 10.5 Å². The quantitative estimate of drug-likeness (QED) is 0.809. The maximum absolute atomic E-state index is 12.9. The summed E-state index contributed by atoms with van der Waals surface area (Å²) in [5, 5.41) is 3.76. The van der Waals surface area contributed by atoms with Crippen LogP contribution in [0.5, 0.6) is 0 Å². The van der Waals surface area contributed by atoms with Crippen molar-refractivity contribution in [1.29, 1.82) is 0 Å². The average Bonchev–Trinajstić information content (AvgIpc) is 2.74. The Labute approximate surface area is 179 Å². The Kier molecular flexibility index (Phi) is 7.41. The lowest BCUT2D eigenvalue weighted by Gasteiger charge is -2.39. The van der Waals surface area contributed by atoms with Crippen LogP contribution in [0.3, 0.4) is 0 Å². The van der Waals surface area contributed by atoms with E-state index in [9.17, 15) is 9.59 Å². The summed E-state index contributed by atoms with van der Waals surface area (Å²) in [5.41, 5.74) is 0.802. The highest BCUT2D eigenvalue weighted by Crippen LogP contribution is 2.27. The van der Waals surface area contributed by atoms with Crippen molar-refractivity contribution in [1.82, 2.24) is 15.1 Å². The van der Waals surface area contributed by atoms with E-state index in [1.54, 1.807) is 24.1 Å². The normalized spacial score (nSPS) is 23.1. The summed E-state index contributed by atoms with van der Waals surface area (Å²) in [5.74, 6) is 0.402. The first kappa shape index (κ1) is 21.9. The highest BCUT2D eigenvalue weighted by Gasteiger charge is 2.32. The first-order valence-corrected chi connectivity index (χ1v) is 11.1. The SMILES string of the molecule is CC(C)N1CCN(C(=O)[C@H]2CC[C@@H](NC(=O)N(C)c3ccc(Cl)cc3)CC2)CC1. The Hall–Kier alpha value is -1.79. The van der Waals surface area contributed by atoms with Crippen molar-refractivity contribution in [2.45, 2.75) is 51.6 Å². The van der Waals surface area contributed by atoms with Crippen LogP contribution in [-0.4, -0.2) is 67.0 Å². The molecule has 0 atom stereocenters. The van der Waals surface area contributed by atoms with E-state index in [4.69, 9.17) is 11.6 Å². The number of hydrogen-bond donors (Lipinski definition) is 1. The van der Waals surface area contributed by atoms with Gasteiger partial charge < -0.3 is 10.2 Å². The van der Waals surface area contributed by atoms with Crippen LogP contribution in [0.25, 0.3) is 0 Å². The molecule has 0 unspecified atom stereocenters. The Morgan fingerprint density at radius 3 is 2.17 bits per heavy atom. The minimum absolute atomic E-state index is 0.0998. The maximum Gasteiger partial charge on any atom is 0.321 e. The molecule has 1 heterocycles. The second-order valence-electron chi connectivity index (χ2n) is 8.49. The van der Waals surface area contributed by atoms with E-state index in [-0.39, 0.29) is 18.0 Å². The minimum atomic E-state index is -0.119. The molecule has 0 aromatic heterocycles. The van der Waals surface area contributed by atoms with Crippen LogP contribution in [0, 0.1) is 5.92 Å². The van der Waals surface area contributed by atoms with E-state index in [0.717, 1.165) is 57.5 Å². The van der Waals surface area contributed by atoms with Gasteiger partial charge in [-0.3, -0.25) is 14.6 Å². The van der Waals surface area contributed by atoms with E-state index in [1.165, 1.54) is 0 Å². The van der Waals surface area contributed by atoms with Crippen molar-refractivity contribution >= 4 is 29.2 Å². The summed E-state index contributed by atoms with van der Waals surface area (Å²) in [6.45, 7) is 8.01. The molecule has 1 saturated carbocycles. The fourth-order valence-corrected chi connectivity index (χ4v) is 4.38. The zero-order chi connectivity index (χ0) is 21.0. The fraction of sp³-hybridized carbons (Fsp3) is 0.636. The molecule has 0 radical (unpaired) electrons. The van der Waals surface area contributed by atoms with Crippen LogP contribution in [-0.2, 0) is 4.79 Å². The number of hydrogen-bond acceptors (Lipinski definition) is 3. The molecule has 3 rings (SSSR count). The lowest BCUT2D eigenvalue weighted by atomic mass is 9.85. The van der Waals surface area contributed by atoms with Crippen molar-refractivity contribution in [3.8, 4) is 0 Å². The second kappa shape index (κ2) is 9.81. The first-order valence-electron chi connectivity index (χ1n) is 10.7. The van der Waals surface area contributed by atoms with Crippen LogP contribution in [0.2, 0.25) is 5.02 Å². The molecule has 1 aliphatic heterocycles. The molecule has 0 spiro atoms. The molecule has 1 aromatic carbocycles. The number of amides is 3. The molecule has 29 heavy (non-hydrogen) atoms. The van der Waals surface area contributed by atoms with Crippen molar-refractivity contribution < 1.29 is 9.59 Å². The highest BCUT2D eigenvalue weighted by atomic mass is 35.5. The summed E-state index contributed by atoms with van der Waals surface area (Å²) in [4.78, 5) is 31.5. The third-order valence-corrected chi connectivity index (χ3v) is 6.53. The van der Waals surface area contributed by atoms with Gasteiger partial charge in [-0.25, -0.2) is 4.79 Å². The molecule has 1 saturated heterocycles. The number of benzene rings is 1. The number of anilines is 1. The van der Waals surface area contributed by atoms with Gasteiger partial charge in [0.15, 0.2) is 0 Å². The second-order valence-corrected chi connectivity index (χ2v) is 8.92. The van der Waals surface area contributed by atoms with Gasteiger partial charge in [0, 0.05) is 61.9 Å². The first-order chi connectivity index (χ1) is 13.8. The van der Waals surface area contributed by atoms with E-state index in [0.29, 0.717) is 17.0 Å². The van der Waals surface area contributed by atoms with E-state index in [1.807, 2.05) is 17.0 Å². The van der Waals surface area contributed by atoms with E-state index >= 15 is 0 Å². The summed E-state index contributed by atoms with van der Waals surface area (Å²) in [7, 11) is 1.75. The van der Waals surface area contributed by atoms with Gasteiger partial charge >= 0.3 is 6.03 Å². The average molecular weight is 421 g/mol. The van der Waals surface area contributed by atoms with Gasteiger partial charge in [-0.05, 0) is 63.8 Å². The Morgan fingerprint density at radius 1 is 1.03 bits per heavy atom. The summed E-state index contributed by atoms with van der Waals surface area (Å²) < 4.78 is 0. The predicted molar refractivity (Wildman–Crippen MR) is 117 cm³/mol. The van der Waals surface area contributed by atoms with Gasteiger partial charge in [0.05, 0.1) is 0 Å².